The summed E-state index contributed by atoms with van der Waals surface area (Å²) in [5.41, 5.74) is -1.56. The predicted molar refractivity (Wildman–Crippen MR) is 368 cm³/mol. The number of carbonyl (C=O) groups excluding carboxylic acids is 12. The molecule has 0 aromatic rings. The molecule has 24 nitrogen and oxygen atoms in total. The maximum atomic E-state index is 15.6. The van der Waals surface area contributed by atoms with Gasteiger partial charge in [-0.1, -0.05) is 79.1 Å². The maximum absolute atomic E-state index is 15.6. The Morgan fingerprint density at radius 3 is 1.75 bits per heavy atom. The van der Waals surface area contributed by atoms with Gasteiger partial charge in [0.05, 0.1) is 12.3 Å². The quantitative estimate of drug-likeness (QED) is 0.225. The summed E-state index contributed by atoms with van der Waals surface area (Å²) in [7, 11) is 7.24. The highest BCUT2D eigenvalue weighted by molar-refractivity contribution is 6.21. The second kappa shape index (κ2) is 34.3. The Morgan fingerprint density at radius 1 is 0.550 bits per heavy atom. The molecule has 0 aromatic heterocycles. The van der Waals surface area contributed by atoms with E-state index in [1.807, 2.05) is 6.92 Å². The molecular formula is C72H114ClF3N12O12. The van der Waals surface area contributed by atoms with E-state index < -0.39 is 173 Å². The maximum Gasteiger partial charge on any atom is 0.393 e. The third kappa shape index (κ3) is 17.8. The van der Waals surface area contributed by atoms with E-state index in [4.69, 9.17) is 11.6 Å². The van der Waals surface area contributed by atoms with Gasteiger partial charge in [-0.2, -0.15) is 13.2 Å². The number of carbonyl (C=O) groups is 12. The number of halogens is 4. The number of amides is 12. The fourth-order valence-corrected chi connectivity index (χ4v) is 17.5. The first-order valence-electron chi connectivity index (χ1n) is 37.4. The van der Waals surface area contributed by atoms with Crippen molar-refractivity contribution in [2.75, 3.05) is 68.0 Å². The van der Waals surface area contributed by atoms with Crippen molar-refractivity contribution in [2.24, 2.45) is 29.6 Å². The van der Waals surface area contributed by atoms with E-state index in [0.717, 1.165) is 43.4 Å². The minimum Gasteiger partial charge on any atom is -0.343 e. The summed E-state index contributed by atoms with van der Waals surface area (Å²) in [5, 5.41) is 7.71. The number of nitrogens with zero attached hydrogens (tertiary/aromatic N) is 9. The van der Waals surface area contributed by atoms with Gasteiger partial charge in [-0.15, -0.1) is 11.6 Å². The van der Waals surface area contributed by atoms with Crippen molar-refractivity contribution in [3.63, 3.8) is 0 Å². The SMILES string of the molecule is CC[C@H](C)[C@@H]1NC(=O)[C@H](C)N(C)C(=O)C[C@@H](C(=O)N2CCCCC2)N(C)C(=O)[C@H](C(C)C)N(C)C(=O)C2(CCCC2)NC(=O)[C@@H]2CCCN2C(=O)[C@H](CCC2CCC(C(F)(F)F)C(Cl)C2)NC(=O)[C@H]2CCCCN2C(=O)[C@H](CC2CCCCC2)N(C)C(=O)[C@@H]2CCN2C(=O)[C@H](C)N(C)C1=O. The lowest BCUT2D eigenvalue weighted by Gasteiger charge is -2.46. The normalized spacial score (nSPS) is 32.3. The van der Waals surface area contributed by atoms with Crippen LogP contribution < -0.4 is 16.0 Å². The average molecular weight is 1430 g/mol. The smallest absolute Gasteiger partial charge is 0.343 e. The highest BCUT2D eigenvalue weighted by atomic mass is 35.5. The Morgan fingerprint density at radius 2 is 1.14 bits per heavy atom. The molecule has 28 heteroatoms. The minimum absolute atomic E-state index is 0.00904. The van der Waals surface area contributed by atoms with Crippen LogP contribution in [0.5, 0.6) is 0 Å². The van der Waals surface area contributed by atoms with Crippen molar-refractivity contribution < 1.29 is 70.7 Å². The van der Waals surface area contributed by atoms with Crippen LogP contribution in [0.25, 0.3) is 0 Å². The van der Waals surface area contributed by atoms with Crippen LogP contribution in [0, 0.1) is 29.6 Å². The second-order valence-corrected chi connectivity index (χ2v) is 31.4. The van der Waals surface area contributed by atoms with E-state index in [2.05, 4.69) is 16.0 Å². The van der Waals surface area contributed by atoms with Crippen LogP contribution >= 0.6 is 11.6 Å². The van der Waals surface area contributed by atoms with E-state index >= 15 is 33.6 Å². The van der Waals surface area contributed by atoms with Gasteiger partial charge in [0.2, 0.25) is 70.9 Å². The molecule has 3 aliphatic carbocycles. The third-order valence-corrected chi connectivity index (χ3v) is 24.6. The molecule has 0 aromatic carbocycles. The van der Waals surface area contributed by atoms with Crippen molar-refractivity contribution in [3.8, 4) is 0 Å². The molecule has 3 saturated carbocycles. The van der Waals surface area contributed by atoms with Gasteiger partial charge in [0.15, 0.2) is 0 Å². The van der Waals surface area contributed by atoms with Crippen LogP contribution in [0.1, 0.15) is 208 Å². The van der Waals surface area contributed by atoms with E-state index in [1.54, 1.807) is 25.7 Å². The number of likely N-dealkylation sites (tertiary alicyclic amines) is 1. The summed E-state index contributed by atoms with van der Waals surface area (Å²) in [6.07, 6.45) is 5.90. The number of piperidine rings is 2. The second-order valence-electron chi connectivity index (χ2n) is 30.9. The van der Waals surface area contributed by atoms with Crippen LogP contribution in [-0.4, -0.2) is 260 Å². The molecule has 5 saturated heterocycles. The summed E-state index contributed by atoms with van der Waals surface area (Å²) >= 11 is 6.45. The van der Waals surface area contributed by atoms with Crippen molar-refractivity contribution in [1.82, 2.24) is 60.0 Å². The zero-order valence-corrected chi connectivity index (χ0v) is 61.8. The van der Waals surface area contributed by atoms with E-state index in [1.165, 1.54) is 83.4 Å². The Hall–Kier alpha value is -6.28. The lowest BCUT2D eigenvalue weighted by atomic mass is 9.78. The molecule has 12 amide bonds. The predicted octanol–water partition coefficient (Wildman–Crippen LogP) is 5.99. The van der Waals surface area contributed by atoms with Gasteiger partial charge in [0, 0.05) is 73.3 Å². The number of rotatable bonds is 9. The van der Waals surface area contributed by atoms with Crippen LogP contribution in [0.2, 0.25) is 0 Å². The first kappa shape index (κ1) is 79.4. The average Bonchev–Trinajstić information content (AvgIpc) is 1.20. The van der Waals surface area contributed by atoms with Gasteiger partial charge >= 0.3 is 6.18 Å². The largest absolute Gasteiger partial charge is 0.393 e. The number of hydrogen-bond donors (Lipinski definition) is 3. The van der Waals surface area contributed by atoms with Gasteiger partial charge in [0.25, 0.3) is 0 Å². The third-order valence-electron chi connectivity index (χ3n) is 24.1. The standard InChI is InChI=1S/C72H114ClF3N12O12/c1-12-44(4)58-68(98)81(8)46(6)63(93)88-39-32-54(88)65(95)82(9)55(41-47-24-15-13-16-25-47)67(97)87-37-22-17-26-52(87)61(91)77-51(31-29-48-28-30-49(50(73)40-48)72(74,75)76)64(94)86-38-23-27-53(86)62(92)79-71(33-18-19-34-71)70(100)84(11)59(43(2)3)69(99)83(10)56(66(96)85-35-20-14-21-36-85)42-57(89)80(7)45(5)60(90)78-58/h43-56,58-59H,12-42H2,1-11H3,(H,77,91)(H,78,90)(H,79,92)/t44-,45-,46-,48?,49?,50?,51-,52+,53-,54-,55-,56-,58-,59-/m0/s1. The molecule has 14 atom stereocenters. The zero-order chi connectivity index (χ0) is 73.4. The lowest BCUT2D eigenvalue weighted by Crippen LogP contribution is -2.66. The van der Waals surface area contributed by atoms with Crippen molar-refractivity contribution in [3.05, 3.63) is 0 Å². The monoisotopic (exact) mass is 1430 g/mol. The molecule has 5 heterocycles. The fourth-order valence-electron chi connectivity index (χ4n) is 17.0. The Balaban J connectivity index is 1.16. The van der Waals surface area contributed by atoms with Gasteiger partial charge < -0.3 is 60.0 Å². The van der Waals surface area contributed by atoms with Gasteiger partial charge in [-0.3, -0.25) is 57.5 Å². The Bertz CT molecular complexity index is 2980. The molecule has 100 heavy (non-hydrogen) atoms. The summed E-state index contributed by atoms with van der Waals surface area (Å²) in [6.45, 7) is 11.2. The molecule has 8 rings (SSSR count). The van der Waals surface area contributed by atoms with Crippen LogP contribution in [0.4, 0.5) is 13.2 Å². The first-order valence-corrected chi connectivity index (χ1v) is 37.8. The van der Waals surface area contributed by atoms with E-state index in [-0.39, 0.29) is 102 Å². The molecule has 0 bridgehead atoms. The molecular weight excluding hydrogens is 1320 g/mol. The van der Waals surface area contributed by atoms with E-state index in [0.29, 0.717) is 64.5 Å². The zero-order valence-electron chi connectivity index (χ0n) is 61.1. The van der Waals surface area contributed by atoms with Crippen molar-refractivity contribution >= 4 is 82.5 Å². The molecule has 3 N–H and O–H groups in total. The fraction of sp³-hybridized carbons (Fsp3) is 0.833. The van der Waals surface area contributed by atoms with Crippen LogP contribution in [0.3, 0.4) is 0 Å². The topological polar surface area (TPSA) is 270 Å². The number of hydrogen-bond acceptors (Lipinski definition) is 12. The molecule has 1 spiro atoms. The first-order chi connectivity index (χ1) is 47.2. The molecule has 3 unspecified atom stereocenters. The van der Waals surface area contributed by atoms with Gasteiger partial charge in [-0.05, 0) is 147 Å². The minimum atomic E-state index is -4.51. The number of alkyl halides is 4. The molecule has 8 fully saturated rings. The van der Waals surface area contributed by atoms with E-state index in [9.17, 15) is 37.1 Å². The summed E-state index contributed by atoms with van der Waals surface area (Å²) in [5.74, 6) is -10.3. The van der Waals surface area contributed by atoms with Crippen molar-refractivity contribution in [1.29, 1.82) is 0 Å². The summed E-state index contributed by atoms with van der Waals surface area (Å²) in [4.78, 5) is 193. The number of fused-ring (bicyclic) bond motifs is 3. The molecule has 8 aliphatic rings. The summed E-state index contributed by atoms with van der Waals surface area (Å²) < 4.78 is 42.3. The number of likely N-dealkylation sites (N-methyl/N-ethyl adjacent to an activating group) is 5. The Kier molecular flexibility index (Phi) is 27.3. The van der Waals surface area contributed by atoms with Crippen LogP contribution in [0.15, 0.2) is 0 Å². The van der Waals surface area contributed by atoms with Crippen LogP contribution in [-0.2, 0) is 57.5 Å². The van der Waals surface area contributed by atoms with Gasteiger partial charge in [-0.25, -0.2) is 0 Å². The molecule has 5 aliphatic heterocycles. The highest BCUT2D eigenvalue weighted by Gasteiger charge is 2.53. The van der Waals surface area contributed by atoms with Gasteiger partial charge in [0.1, 0.15) is 66.0 Å². The van der Waals surface area contributed by atoms with Crippen molar-refractivity contribution in [2.45, 2.75) is 286 Å². The Labute approximate surface area is 594 Å². The number of nitrogens with one attached hydrogen (secondary N) is 3. The molecule has 562 valence electrons. The molecule has 0 radical (unpaired) electrons. The lowest BCUT2D eigenvalue weighted by molar-refractivity contribution is -0.182. The summed E-state index contributed by atoms with van der Waals surface area (Å²) in [6, 6.07) is -11.9. The highest BCUT2D eigenvalue weighted by Crippen LogP contribution is 2.44.